The summed E-state index contributed by atoms with van der Waals surface area (Å²) >= 11 is 0. The minimum Gasteiger partial charge on any atom is -0.263 e. The topological polar surface area (TPSA) is 59.1 Å². The van der Waals surface area contributed by atoms with Gasteiger partial charge in [0.25, 0.3) is 0 Å². The van der Waals surface area contributed by atoms with E-state index in [1.165, 1.54) is 12.6 Å². The zero-order chi connectivity index (χ0) is 15.5. The fourth-order valence-electron chi connectivity index (χ4n) is 3.07. The molecule has 2 rings (SSSR count). The summed E-state index contributed by atoms with van der Waals surface area (Å²) in [5.41, 5.74) is 0.354. The number of hydrogen-bond donors (Lipinski definition) is 1. The number of hydrogen-bond acceptors (Lipinski definition) is 3. The van der Waals surface area contributed by atoms with E-state index in [0.29, 0.717) is 11.3 Å². The average molecular weight is 310 g/mol. The van der Waals surface area contributed by atoms with E-state index in [-0.39, 0.29) is 10.9 Å². The predicted octanol–water partition coefficient (Wildman–Crippen LogP) is 3.35. The van der Waals surface area contributed by atoms with Crippen LogP contribution < -0.4 is 4.72 Å². The monoisotopic (exact) mass is 310 g/mol. The van der Waals surface area contributed by atoms with Crippen LogP contribution >= 0.6 is 0 Å². The molecule has 1 fully saturated rings. The molecule has 1 aromatic rings. The molecular weight excluding hydrogens is 284 g/mol. The molecule has 1 aliphatic carbocycles. The van der Waals surface area contributed by atoms with Gasteiger partial charge in [0.15, 0.2) is 0 Å². The summed E-state index contributed by atoms with van der Waals surface area (Å²) < 4.78 is 27.4. The summed E-state index contributed by atoms with van der Waals surface area (Å²) in [5, 5.41) is 0. The van der Waals surface area contributed by atoms with Crippen LogP contribution in [0.5, 0.6) is 0 Å². The molecule has 118 valence electrons. The van der Waals surface area contributed by atoms with Crippen LogP contribution in [0.25, 0.3) is 0 Å². The minimum absolute atomic E-state index is 0.0547. The van der Waals surface area contributed by atoms with Crippen LogP contribution in [-0.4, -0.2) is 19.4 Å². The number of nitrogens with one attached hydrogen (secondary N) is 1. The molecule has 1 aromatic heterocycles. The number of rotatable bonds is 5. The van der Waals surface area contributed by atoms with Crippen LogP contribution in [0.3, 0.4) is 0 Å². The second-order valence-corrected chi connectivity index (χ2v) is 8.41. The van der Waals surface area contributed by atoms with Gasteiger partial charge in [0.05, 0.1) is 0 Å². The third kappa shape index (κ3) is 4.04. The van der Waals surface area contributed by atoms with Gasteiger partial charge >= 0.3 is 0 Å². The van der Waals surface area contributed by atoms with Crippen LogP contribution in [0.1, 0.15) is 52.9 Å². The molecule has 21 heavy (non-hydrogen) atoms. The highest BCUT2D eigenvalue weighted by Gasteiger charge is 2.33. The lowest BCUT2D eigenvalue weighted by molar-refractivity contribution is 0.142. The summed E-state index contributed by atoms with van der Waals surface area (Å²) in [4.78, 5) is 4.13. The molecule has 1 aliphatic rings. The molecule has 0 spiro atoms. The highest BCUT2D eigenvalue weighted by Crippen LogP contribution is 2.40. The molecule has 0 aliphatic heterocycles. The van der Waals surface area contributed by atoms with E-state index in [2.05, 4.69) is 30.5 Å². The van der Waals surface area contributed by atoms with Crippen LogP contribution in [-0.2, 0) is 10.0 Å². The SMILES string of the molecule is CCC(C)(C)C1CCC(NS(=O)(=O)c2cccnc2)CC1. The van der Waals surface area contributed by atoms with Crippen molar-refractivity contribution in [1.29, 1.82) is 0 Å². The fraction of sp³-hybridized carbons (Fsp3) is 0.688. The van der Waals surface area contributed by atoms with Gasteiger partial charge in [-0.15, -0.1) is 0 Å². The lowest BCUT2D eigenvalue weighted by atomic mass is 9.69. The van der Waals surface area contributed by atoms with E-state index in [0.717, 1.165) is 25.7 Å². The lowest BCUT2D eigenvalue weighted by Gasteiger charge is -2.38. The van der Waals surface area contributed by atoms with Crippen molar-refractivity contribution in [1.82, 2.24) is 9.71 Å². The molecule has 0 saturated heterocycles. The number of sulfonamides is 1. The molecule has 0 amide bonds. The Morgan fingerprint density at radius 3 is 2.48 bits per heavy atom. The third-order valence-electron chi connectivity index (χ3n) is 5.01. The Bertz CT molecular complexity index is 547. The number of pyridine rings is 1. The molecule has 4 nitrogen and oxygen atoms in total. The van der Waals surface area contributed by atoms with Crippen LogP contribution in [0.15, 0.2) is 29.4 Å². The van der Waals surface area contributed by atoms with Gasteiger partial charge < -0.3 is 0 Å². The van der Waals surface area contributed by atoms with Gasteiger partial charge in [0.1, 0.15) is 4.90 Å². The van der Waals surface area contributed by atoms with Gasteiger partial charge in [-0.3, -0.25) is 4.98 Å². The minimum atomic E-state index is -3.43. The Morgan fingerprint density at radius 1 is 1.29 bits per heavy atom. The summed E-state index contributed by atoms with van der Waals surface area (Å²) in [5.74, 6) is 0.696. The van der Waals surface area contributed by atoms with E-state index in [9.17, 15) is 8.42 Å². The first-order valence-electron chi connectivity index (χ1n) is 7.77. The fourth-order valence-corrected chi connectivity index (χ4v) is 4.34. The Hall–Kier alpha value is -0.940. The van der Waals surface area contributed by atoms with Gasteiger partial charge in [-0.1, -0.05) is 27.2 Å². The van der Waals surface area contributed by atoms with Crippen molar-refractivity contribution in [2.75, 3.05) is 0 Å². The van der Waals surface area contributed by atoms with Crippen molar-refractivity contribution < 1.29 is 8.42 Å². The molecule has 1 N–H and O–H groups in total. The normalized spacial score (nSPS) is 24.0. The highest BCUT2D eigenvalue weighted by molar-refractivity contribution is 7.89. The van der Waals surface area contributed by atoms with E-state index < -0.39 is 10.0 Å². The van der Waals surface area contributed by atoms with Crippen LogP contribution in [0.4, 0.5) is 0 Å². The first-order valence-corrected chi connectivity index (χ1v) is 9.26. The van der Waals surface area contributed by atoms with Crippen molar-refractivity contribution in [3.05, 3.63) is 24.5 Å². The van der Waals surface area contributed by atoms with E-state index in [1.54, 1.807) is 18.3 Å². The summed E-state index contributed by atoms with van der Waals surface area (Å²) in [6.45, 7) is 6.87. The van der Waals surface area contributed by atoms with Crippen molar-refractivity contribution in [2.24, 2.45) is 11.3 Å². The van der Waals surface area contributed by atoms with E-state index >= 15 is 0 Å². The van der Waals surface area contributed by atoms with Gasteiger partial charge in [0, 0.05) is 18.4 Å². The van der Waals surface area contributed by atoms with Gasteiger partial charge in [-0.2, -0.15) is 0 Å². The summed E-state index contributed by atoms with van der Waals surface area (Å²) in [6.07, 6.45) is 8.19. The van der Waals surface area contributed by atoms with Gasteiger partial charge in [-0.05, 0) is 49.1 Å². The molecule has 0 aromatic carbocycles. The largest absolute Gasteiger partial charge is 0.263 e. The Kier molecular flexibility index (Phi) is 5.04. The maximum Gasteiger partial charge on any atom is 0.242 e. The molecule has 5 heteroatoms. The van der Waals surface area contributed by atoms with Crippen molar-refractivity contribution >= 4 is 10.0 Å². The molecule has 1 heterocycles. The Balaban J connectivity index is 1.95. The third-order valence-corrected chi connectivity index (χ3v) is 6.52. The smallest absolute Gasteiger partial charge is 0.242 e. The Labute approximate surface area is 128 Å². The molecule has 0 atom stereocenters. The average Bonchev–Trinajstić information content (AvgIpc) is 2.48. The van der Waals surface area contributed by atoms with Crippen molar-refractivity contribution in [3.63, 3.8) is 0 Å². The Morgan fingerprint density at radius 2 is 1.95 bits per heavy atom. The standard InChI is InChI=1S/C16H26N2O2S/c1-4-16(2,3)13-7-9-14(10-8-13)18-21(19,20)15-6-5-11-17-12-15/h5-6,11-14,18H,4,7-10H2,1-3H3. The quantitative estimate of drug-likeness (QED) is 0.907. The highest BCUT2D eigenvalue weighted by atomic mass is 32.2. The second-order valence-electron chi connectivity index (χ2n) is 6.70. The van der Waals surface area contributed by atoms with E-state index in [1.807, 2.05) is 0 Å². The second kappa shape index (κ2) is 6.44. The first-order chi connectivity index (χ1) is 9.85. The molecule has 0 radical (unpaired) electrons. The zero-order valence-electron chi connectivity index (χ0n) is 13.2. The van der Waals surface area contributed by atoms with Crippen molar-refractivity contribution in [2.45, 2.75) is 63.8 Å². The summed E-state index contributed by atoms with van der Waals surface area (Å²) in [7, 11) is -3.43. The molecule has 0 unspecified atom stereocenters. The number of aromatic nitrogens is 1. The maximum absolute atomic E-state index is 12.3. The molecular formula is C16H26N2O2S. The van der Waals surface area contributed by atoms with Crippen molar-refractivity contribution in [3.8, 4) is 0 Å². The zero-order valence-corrected chi connectivity index (χ0v) is 14.0. The van der Waals surface area contributed by atoms with Crippen LogP contribution in [0.2, 0.25) is 0 Å². The van der Waals surface area contributed by atoms with Crippen LogP contribution in [0, 0.1) is 11.3 Å². The number of nitrogens with zero attached hydrogens (tertiary/aromatic N) is 1. The molecule has 1 saturated carbocycles. The molecule has 0 bridgehead atoms. The summed E-state index contributed by atoms with van der Waals surface area (Å²) in [6, 6.07) is 3.29. The van der Waals surface area contributed by atoms with Gasteiger partial charge in [0.2, 0.25) is 10.0 Å². The predicted molar refractivity (Wildman–Crippen MR) is 84.4 cm³/mol. The first kappa shape index (κ1) is 16.4. The lowest BCUT2D eigenvalue weighted by Crippen LogP contribution is -2.39. The van der Waals surface area contributed by atoms with E-state index in [4.69, 9.17) is 0 Å². The van der Waals surface area contributed by atoms with Gasteiger partial charge in [-0.25, -0.2) is 13.1 Å². The maximum atomic E-state index is 12.3.